The van der Waals surface area contributed by atoms with Crippen LogP contribution in [0, 0.1) is 0 Å². The molecule has 1 aliphatic rings. The first-order valence-electron chi connectivity index (χ1n) is 5.77. The van der Waals surface area contributed by atoms with Crippen LogP contribution in [0.4, 0.5) is 4.79 Å². The van der Waals surface area contributed by atoms with Crippen LogP contribution in [0.25, 0.3) is 0 Å². The van der Waals surface area contributed by atoms with Gasteiger partial charge in [0.05, 0.1) is 17.9 Å². The number of nitrogens with zero attached hydrogens (tertiary/aromatic N) is 1. The van der Waals surface area contributed by atoms with Crippen molar-refractivity contribution in [2.75, 3.05) is 0 Å². The quantitative estimate of drug-likeness (QED) is 0.926. The molecule has 2 rings (SSSR count). The predicted molar refractivity (Wildman–Crippen MR) is 68.9 cm³/mol. The van der Waals surface area contributed by atoms with Crippen LogP contribution in [0.5, 0.6) is 0 Å². The lowest BCUT2D eigenvalue weighted by atomic mass is 9.92. The lowest BCUT2D eigenvalue weighted by Gasteiger charge is -2.35. The maximum atomic E-state index is 10.5. The minimum absolute atomic E-state index is 0.0716. The molecule has 5 nitrogen and oxygen atoms in total. The number of amides is 1. The van der Waals surface area contributed by atoms with Crippen molar-refractivity contribution in [2.24, 2.45) is 5.73 Å². The molecule has 0 aromatic carbocycles. The van der Waals surface area contributed by atoms with E-state index in [0.29, 0.717) is 12.8 Å². The van der Waals surface area contributed by atoms with Crippen LogP contribution >= 0.6 is 15.9 Å². The molecule has 0 saturated heterocycles. The number of halogens is 1. The number of carbonyl (C=O) groups excluding carboxylic acids is 1. The van der Waals surface area contributed by atoms with Crippen LogP contribution in [-0.2, 0) is 9.47 Å². The average molecular weight is 315 g/mol. The zero-order valence-electron chi connectivity index (χ0n) is 10.0. The smallest absolute Gasteiger partial charge is 0.404 e. The first-order valence-corrected chi connectivity index (χ1v) is 6.57. The molecule has 0 bridgehead atoms. The number of hydrogen-bond donors (Lipinski definition) is 1. The molecule has 1 saturated carbocycles. The van der Waals surface area contributed by atoms with Gasteiger partial charge in [-0.3, -0.25) is 4.98 Å². The van der Waals surface area contributed by atoms with Gasteiger partial charge in [0, 0.05) is 23.5 Å². The van der Waals surface area contributed by atoms with E-state index in [9.17, 15) is 4.79 Å². The summed E-state index contributed by atoms with van der Waals surface area (Å²) in [7, 11) is 0. The first kappa shape index (κ1) is 13.3. The predicted octanol–water partition coefficient (Wildman–Crippen LogP) is 2.55. The fraction of sp³-hybridized carbons (Fsp3) is 0.500. The van der Waals surface area contributed by atoms with Gasteiger partial charge in [-0.2, -0.15) is 0 Å². The Bertz CT molecular complexity index is 418. The van der Waals surface area contributed by atoms with Crippen LogP contribution in [0.3, 0.4) is 0 Å². The van der Waals surface area contributed by atoms with Crippen molar-refractivity contribution in [1.29, 1.82) is 0 Å². The van der Waals surface area contributed by atoms with Crippen LogP contribution < -0.4 is 5.73 Å². The number of carbonyl (C=O) groups is 1. The molecule has 0 spiro atoms. The van der Waals surface area contributed by atoms with E-state index in [1.165, 1.54) is 0 Å². The Morgan fingerprint density at radius 3 is 2.78 bits per heavy atom. The topological polar surface area (TPSA) is 74.4 Å². The van der Waals surface area contributed by atoms with Crippen molar-refractivity contribution < 1.29 is 14.3 Å². The maximum absolute atomic E-state index is 10.5. The fourth-order valence-corrected chi connectivity index (χ4v) is 2.11. The molecule has 1 amide bonds. The second kappa shape index (κ2) is 5.67. The molecule has 0 radical (unpaired) electrons. The lowest BCUT2D eigenvalue weighted by Crippen LogP contribution is -2.40. The molecule has 1 aromatic rings. The van der Waals surface area contributed by atoms with Crippen LogP contribution in [-0.4, -0.2) is 23.3 Å². The fourth-order valence-electron chi connectivity index (χ4n) is 1.88. The summed E-state index contributed by atoms with van der Waals surface area (Å²) in [4.78, 5) is 14.8. The van der Waals surface area contributed by atoms with Crippen LogP contribution in [0.15, 0.2) is 22.8 Å². The summed E-state index contributed by atoms with van der Waals surface area (Å²) in [6, 6.07) is 3.85. The standard InChI is InChI=1S/C12H15BrN2O3/c1-7(11-3-2-8(13)6-15-11)17-9-4-10(5-9)18-12(14)16/h2-3,6-7,9-10H,4-5H2,1H3,(H2,14,16)/t7?,9-,10+. The van der Waals surface area contributed by atoms with E-state index in [-0.39, 0.29) is 18.3 Å². The Morgan fingerprint density at radius 2 is 2.22 bits per heavy atom. The van der Waals surface area contributed by atoms with Gasteiger partial charge in [0.25, 0.3) is 0 Å². The van der Waals surface area contributed by atoms with Crippen molar-refractivity contribution in [3.05, 3.63) is 28.5 Å². The van der Waals surface area contributed by atoms with Crippen molar-refractivity contribution >= 4 is 22.0 Å². The normalized spacial score (nSPS) is 24.1. The second-order valence-electron chi connectivity index (χ2n) is 4.33. The Kier molecular flexibility index (Phi) is 4.19. The number of pyridine rings is 1. The number of primary amides is 1. The van der Waals surface area contributed by atoms with Gasteiger partial charge < -0.3 is 15.2 Å². The summed E-state index contributed by atoms with van der Waals surface area (Å²) in [6.45, 7) is 1.96. The summed E-state index contributed by atoms with van der Waals surface area (Å²) in [5.74, 6) is 0. The van der Waals surface area contributed by atoms with Crippen molar-refractivity contribution in [3.8, 4) is 0 Å². The summed E-state index contributed by atoms with van der Waals surface area (Å²) >= 11 is 3.34. The Hall–Kier alpha value is -1.14. The molecular formula is C12H15BrN2O3. The molecule has 1 heterocycles. The molecule has 2 N–H and O–H groups in total. The largest absolute Gasteiger partial charge is 0.446 e. The third-order valence-electron chi connectivity index (χ3n) is 2.90. The average Bonchev–Trinajstić information content (AvgIpc) is 2.26. The van der Waals surface area contributed by atoms with E-state index in [1.807, 2.05) is 19.1 Å². The van der Waals surface area contributed by atoms with Gasteiger partial charge in [0.1, 0.15) is 6.10 Å². The highest BCUT2D eigenvalue weighted by atomic mass is 79.9. The van der Waals surface area contributed by atoms with Crippen molar-refractivity contribution in [3.63, 3.8) is 0 Å². The van der Waals surface area contributed by atoms with Gasteiger partial charge in [-0.25, -0.2) is 4.79 Å². The molecule has 0 aliphatic heterocycles. The Balaban J connectivity index is 1.78. The maximum Gasteiger partial charge on any atom is 0.404 e. The Labute approximate surface area is 114 Å². The molecule has 98 valence electrons. The monoisotopic (exact) mass is 314 g/mol. The number of nitrogens with two attached hydrogens (primary N) is 1. The van der Waals surface area contributed by atoms with Gasteiger partial charge in [-0.1, -0.05) is 0 Å². The molecular weight excluding hydrogens is 300 g/mol. The van der Waals surface area contributed by atoms with Crippen molar-refractivity contribution in [2.45, 2.75) is 38.1 Å². The van der Waals surface area contributed by atoms with Crippen molar-refractivity contribution in [1.82, 2.24) is 4.98 Å². The van der Waals surface area contributed by atoms with Gasteiger partial charge >= 0.3 is 6.09 Å². The molecule has 1 aromatic heterocycles. The molecule has 1 fully saturated rings. The highest BCUT2D eigenvalue weighted by Crippen LogP contribution is 2.30. The summed E-state index contributed by atoms with van der Waals surface area (Å²) in [5, 5.41) is 0. The summed E-state index contributed by atoms with van der Waals surface area (Å²) in [5.41, 5.74) is 5.82. The van der Waals surface area contributed by atoms with Crippen LogP contribution in [0.2, 0.25) is 0 Å². The van der Waals surface area contributed by atoms with Gasteiger partial charge in [0.2, 0.25) is 0 Å². The minimum atomic E-state index is -0.721. The molecule has 1 atom stereocenters. The van der Waals surface area contributed by atoms with Crippen LogP contribution in [0.1, 0.15) is 31.6 Å². The molecule has 1 unspecified atom stereocenters. The van der Waals surface area contributed by atoms with E-state index >= 15 is 0 Å². The minimum Gasteiger partial charge on any atom is -0.446 e. The van der Waals surface area contributed by atoms with E-state index in [4.69, 9.17) is 15.2 Å². The van der Waals surface area contributed by atoms with E-state index in [1.54, 1.807) is 6.20 Å². The zero-order valence-corrected chi connectivity index (χ0v) is 11.6. The van der Waals surface area contributed by atoms with E-state index < -0.39 is 6.09 Å². The van der Waals surface area contributed by atoms with E-state index in [0.717, 1.165) is 10.2 Å². The Morgan fingerprint density at radius 1 is 1.50 bits per heavy atom. The van der Waals surface area contributed by atoms with Gasteiger partial charge in [-0.15, -0.1) is 0 Å². The highest BCUT2D eigenvalue weighted by Gasteiger charge is 2.34. The SMILES string of the molecule is CC(O[C@H]1C[C@@H](OC(N)=O)C1)c1ccc(Br)cn1. The summed E-state index contributed by atoms with van der Waals surface area (Å²) in [6.07, 6.45) is 2.36. The molecule has 6 heteroatoms. The van der Waals surface area contributed by atoms with E-state index in [2.05, 4.69) is 20.9 Å². The van der Waals surface area contributed by atoms with Gasteiger partial charge in [-0.05, 0) is 35.0 Å². The zero-order chi connectivity index (χ0) is 13.1. The highest BCUT2D eigenvalue weighted by molar-refractivity contribution is 9.10. The van der Waals surface area contributed by atoms with Gasteiger partial charge in [0.15, 0.2) is 0 Å². The first-order chi connectivity index (χ1) is 8.54. The third kappa shape index (κ3) is 3.43. The number of ether oxygens (including phenoxy) is 2. The number of rotatable bonds is 4. The third-order valence-corrected chi connectivity index (χ3v) is 3.37. The molecule has 1 aliphatic carbocycles. The molecule has 18 heavy (non-hydrogen) atoms. The number of aromatic nitrogens is 1. The second-order valence-corrected chi connectivity index (χ2v) is 5.25. The number of hydrogen-bond acceptors (Lipinski definition) is 4. The lowest BCUT2D eigenvalue weighted by molar-refractivity contribution is -0.102. The summed E-state index contributed by atoms with van der Waals surface area (Å²) < 4.78 is 11.6.